The molecular formula is C11H16N6OS. The molecule has 0 spiro atoms. The van der Waals surface area contributed by atoms with Crippen LogP contribution in [0.3, 0.4) is 0 Å². The molecule has 2 aromatic rings. The number of carbonyl (C=O) groups excluding carboxylic acids is 1. The van der Waals surface area contributed by atoms with E-state index in [0.717, 1.165) is 23.7 Å². The zero-order valence-electron chi connectivity index (χ0n) is 10.4. The van der Waals surface area contributed by atoms with Crippen LogP contribution in [-0.2, 0) is 12.8 Å². The van der Waals surface area contributed by atoms with Crippen LogP contribution < -0.4 is 11.1 Å². The summed E-state index contributed by atoms with van der Waals surface area (Å²) in [4.78, 5) is 20.0. The van der Waals surface area contributed by atoms with Gasteiger partial charge in [0.25, 0.3) is 5.91 Å². The highest BCUT2D eigenvalue weighted by molar-refractivity contribution is 7.09. The number of hydrogen-bond acceptors (Lipinski definition) is 6. The van der Waals surface area contributed by atoms with Gasteiger partial charge in [0.1, 0.15) is 17.8 Å². The van der Waals surface area contributed by atoms with Crippen molar-refractivity contribution in [2.45, 2.75) is 19.3 Å². The van der Waals surface area contributed by atoms with Gasteiger partial charge in [-0.3, -0.25) is 9.89 Å². The molecule has 0 aliphatic heterocycles. The van der Waals surface area contributed by atoms with E-state index in [1.165, 1.54) is 17.7 Å². The Morgan fingerprint density at radius 3 is 3.11 bits per heavy atom. The molecule has 102 valence electrons. The average Bonchev–Trinajstić information content (AvgIpc) is 3.06. The number of nitrogens with two attached hydrogens (primary N) is 1. The van der Waals surface area contributed by atoms with Gasteiger partial charge < -0.3 is 11.1 Å². The standard InChI is InChI=1S/C11H16N6OS/c12-4-3-10-16-8(6-19-10)11(18)13-5-1-2-9-14-7-15-17-9/h6-7H,1-5,12H2,(H,13,18)(H,14,15,17). The van der Waals surface area contributed by atoms with E-state index >= 15 is 0 Å². The van der Waals surface area contributed by atoms with Crippen molar-refractivity contribution in [2.75, 3.05) is 13.1 Å². The molecule has 0 aliphatic rings. The molecule has 2 aromatic heterocycles. The Balaban J connectivity index is 1.71. The summed E-state index contributed by atoms with van der Waals surface area (Å²) in [5.41, 5.74) is 5.91. The monoisotopic (exact) mass is 280 g/mol. The lowest BCUT2D eigenvalue weighted by Crippen LogP contribution is -2.25. The first-order valence-electron chi connectivity index (χ1n) is 6.06. The Morgan fingerprint density at radius 1 is 1.47 bits per heavy atom. The number of carbonyl (C=O) groups is 1. The van der Waals surface area contributed by atoms with Gasteiger partial charge >= 0.3 is 0 Å². The number of nitrogens with one attached hydrogen (secondary N) is 2. The van der Waals surface area contributed by atoms with Crippen molar-refractivity contribution in [3.63, 3.8) is 0 Å². The first-order valence-corrected chi connectivity index (χ1v) is 6.94. The van der Waals surface area contributed by atoms with E-state index in [2.05, 4.69) is 25.5 Å². The zero-order valence-corrected chi connectivity index (χ0v) is 11.2. The highest BCUT2D eigenvalue weighted by atomic mass is 32.1. The minimum atomic E-state index is -0.142. The lowest BCUT2D eigenvalue weighted by molar-refractivity contribution is 0.0948. The molecule has 0 saturated heterocycles. The third-order valence-corrected chi connectivity index (χ3v) is 3.39. The van der Waals surface area contributed by atoms with Crippen molar-refractivity contribution in [1.29, 1.82) is 0 Å². The lowest BCUT2D eigenvalue weighted by atomic mass is 10.3. The maximum absolute atomic E-state index is 11.8. The molecule has 0 atom stereocenters. The van der Waals surface area contributed by atoms with Gasteiger partial charge in [-0.25, -0.2) is 9.97 Å². The maximum atomic E-state index is 11.8. The Bertz CT molecular complexity index is 509. The van der Waals surface area contributed by atoms with Gasteiger partial charge in [0.15, 0.2) is 0 Å². The van der Waals surface area contributed by atoms with Crippen LogP contribution in [0.2, 0.25) is 0 Å². The van der Waals surface area contributed by atoms with Crippen molar-refractivity contribution in [1.82, 2.24) is 25.5 Å². The smallest absolute Gasteiger partial charge is 0.270 e. The van der Waals surface area contributed by atoms with Crippen LogP contribution in [0.15, 0.2) is 11.7 Å². The first kappa shape index (κ1) is 13.6. The molecule has 0 fully saturated rings. The molecule has 19 heavy (non-hydrogen) atoms. The lowest BCUT2D eigenvalue weighted by Gasteiger charge is -2.01. The molecule has 4 N–H and O–H groups in total. The van der Waals surface area contributed by atoms with Crippen LogP contribution in [0, 0.1) is 0 Å². The summed E-state index contributed by atoms with van der Waals surface area (Å²) in [5, 5.41) is 12.0. The molecule has 0 unspecified atom stereocenters. The number of aryl methyl sites for hydroxylation is 1. The van der Waals surface area contributed by atoms with E-state index < -0.39 is 0 Å². The summed E-state index contributed by atoms with van der Waals surface area (Å²) < 4.78 is 0. The predicted molar refractivity (Wildman–Crippen MR) is 71.9 cm³/mol. The Hall–Kier alpha value is -1.80. The summed E-state index contributed by atoms with van der Waals surface area (Å²) in [5.74, 6) is 0.685. The molecule has 0 aromatic carbocycles. The molecule has 7 nitrogen and oxygen atoms in total. The second kappa shape index (κ2) is 6.95. The van der Waals surface area contributed by atoms with E-state index in [1.807, 2.05) is 0 Å². The average molecular weight is 280 g/mol. The zero-order chi connectivity index (χ0) is 13.5. The quantitative estimate of drug-likeness (QED) is 0.624. The molecule has 0 aliphatic carbocycles. The van der Waals surface area contributed by atoms with E-state index in [1.54, 1.807) is 5.38 Å². The number of nitrogens with zero attached hydrogens (tertiary/aromatic N) is 3. The highest BCUT2D eigenvalue weighted by Crippen LogP contribution is 2.09. The number of H-pyrrole nitrogens is 1. The van der Waals surface area contributed by atoms with Gasteiger partial charge in [-0.05, 0) is 13.0 Å². The fourth-order valence-electron chi connectivity index (χ4n) is 1.55. The van der Waals surface area contributed by atoms with Crippen LogP contribution in [0.25, 0.3) is 0 Å². The SMILES string of the molecule is NCCc1nc(C(=O)NCCCc2ncn[nH]2)cs1. The van der Waals surface area contributed by atoms with Crippen molar-refractivity contribution in [2.24, 2.45) is 5.73 Å². The van der Waals surface area contributed by atoms with Crippen molar-refractivity contribution < 1.29 is 4.79 Å². The number of rotatable bonds is 7. The second-order valence-electron chi connectivity index (χ2n) is 3.96. The largest absolute Gasteiger partial charge is 0.351 e. The van der Waals surface area contributed by atoms with Crippen molar-refractivity contribution >= 4 is 17.2 Å². The third-order valence-electron chi connectivity index (χ3n) is 2.48. The third kappa shape index (κ3) is 4.11. The van der Waals surface area contributed by atoms with Crippen molar-refractivity contribution in [3.8, 4) is 0 Å². The molecule has 8 heteroatoms. The predicted octanol–water partition coefficient (Wildman–Crippen LogP) is 0.125. The molecule has 2 heterocycles. The number of hydrogen-bond donors (Lipinski definition) is 3. The van der Waals surface area contributed by atoms with Gasteiger partial charge in [0, 0.05) is 24.8 Å². The van der Waals surface area contributed by atoms with Crippen LogP contribution in [0.5, 0.6) is 0 Å². The van der Waals surface area contributed by atoms with E-state index in [9.17, 15) is 4.79 Å². The molecule has 0 saturated carbocycles. The van der Waals surface area contributed by atoms with Crippen LogP contribution in [0.1, 0.15) is 27.7 Å². The molecule has 0 bridgehead atoms. The van der Waals surface area contributed by atoms with Gasteiger partial charge in [-0.1, -0.05) is 0 Å². The summed E-state index contributed by atoms with van der Waals surface area (Å²) in [7, 11) is 0. The Morgan fingerprint density at radius 2 is 2.37 bits per heavy atom. The van der Waals surface area contributed by atoms with Crippen LogP contribution in [0.4, 0.5) is 0 Å². The molecule has 1 amide bonds. The number of amides is 1. The fraction of sp³-hybridized carbons (Fsp3) is 0.455. The highest BCUT2D eigenvalue weighted by Gasteiger charge is 2.09. The topological polar surface area (TPSA) is 110 Å². The first-order chi connectivity index (χ1) is 9.29. The van der Waals surface area contributed by atoms with E-state index in [-0.39, 0.29) is 5.91 Å². The molecule has 0 radical (unpaired) electrons. The maximum Gasteiger partial charge on any atom is 0.270 e. The number of aromatic nitrogens is 4. The van der Waals surface area contributed by atoms with E-state index in [4.69, 9.17) is 5.73 Å². The van der Waals surface area contributed by atoms with Crippen LogP contribution >= 0.6 is 11.3 Å². The van der Waals surface area contributed by atoms with E-state index in [0.29, 0.717) is 25.2 Å². The van der Waals surface area contributed by atoms with Gasteiger partial charge in [-0.15, -0.1) is 11.3 Å². The summed E-state index contributed by atoms with van der Waals surface area (Å²) >= 11 is 1.46. The molecule has 2 rings (SSSR count). The minimum Gasteiger partial charge on any atom is -0.351 e. The normalized spacial score (nSPS) is 10.6. The number of thiazole rings is 1. The molecular weight excluding hydrogens is 264 g/mol. The summed E-state index contributed by atoms with van der Waals surface area (Å²) in [6.45, 7) is 1.13. The fourth-order valence-corrected chi connectivity index (χ4v) is 2.35. The van der Waals surface area contributed by atoms with Crippen molar-refractivity contribution in [3.05, 3.63) is 28.2 Å². The second-order valence-corrected chi connectivity index (χ2v) is 4.90. The summed E-state index contributed by atoms with van der Waals surface area (Å²) in [6, 6.07) is 0. The Labute approximate surface area is 114 Å². The van der Waals surface area contributed by atoms with Crippen LogP contribution in [-0.4, -0.2) is 39.2 Å². The Kier molecular flexibility index (Phi) is 4.99. The summed E-state index contributed by atoms with van der Waals surface area (Å²) in [6.07, 6.45) is 3.75. The minimum absolute atomic E-state index is 0.142. The van der Waals surface area contributed by atoms with Gasteiger partial charge in [-0.2, -0.15) is 5.10 Å². The van der Waals surface area contributed by atoms with Gasteiger partial charge in [0.05, 0.1) is 5.01 Å². The number of aromatic amines is 1. The van der Waals surface area contributed by atoms with Gasteiger partial charge in [0.2, 0.25) is 0 Å².